The number of nitrogens with zero attached hydrogens (tertiary/aromatic N) is 1. The monoisotopic (exact) mass is 171 g/mol. The van der Waals surface area contributed by atoms with Gasteiger partial charge in [-0.05, 0) is 13.8 Å². The third kappa shape index (κ3) is 3.23. The highest BCUT2D eigenvalue weighted by molar-refractivity contribution is 7.84. The molecular formula is C3H10NO3PS. The summed E-state index contributed by atoms with van der Waals surface area (Å²) in [4.78, 5) is 16.8. The first kappa shape index (κ1) is 9.46. The van der Waals surface area contributed by atoms with Crippen molar-refractivity contribution in [1.29, 1.82) is 0 Å². The summed E-state index contributed by atoms with van der Waals surface area (Å²) < 4.78 is 11.0. The van der Waals surface area contributed by atoms with Crippen molar-refractivity contribution in [2.24, 2.45) is 0 Å². The first-order chi connectivity index (χ1) is 3.85. The lowest BCUT2D eigenvalue weighted by Crippen LogP contribution is -2.17. The van der Waals surface area contributed by atoms with Crippen molar-refractivity contribution >= 4 is 20.6 Å². The van der Waals surface area contributed by atoms with Crippen LogP contribution in [0.15, 0.2) is 0 Å². The Morgan fingerprint density at radius 3 is 1.89 bits per heavy atom. The van der Waals surface area contributed by atoms with Gasteiger partial charge < -0.3 is 9.79 Å². The van der Waals surface area contributed by atoms with Gasteiger partial charge in [0.05, 0.1) is 0 Å². The van der Waals surface area contributed by atoms with Gasteiger partial charge in [-0.15, -0.1) is 0 Å². The zero-order valence-electron chi connectivity index (χ0n) is 5.22. The number of hydrogen-bond acceptors (Lipinski definition) is 2. The molecule has 0 amide bonds. The maximum Gasteiger partial charge on any atom is 0.412 e. The Bertz CT molecular complexity index is 133. The van der Waals surface area contributed by atoms with Gasteiger partial charge in [0.15, 0.2) is 0 Å². The van der Waals surface area contributed by atoms with Gasteiger partial charge in [0.2, 0.25) is 0 Å². The van der Waals surface area contributed by atoms with Crippen molar-refractivity contribution in [3.8, 4) is 0 Å². The van der Waals surface area contributed by atoms with Crippen LogP contribution in [-0.2, 0) is 4.57 Å². The van der Waals surface area contributed by atoms with Crippen molar-refractivity contribution in [2.75, 3.05) is 0 Å². The summed E-state index contributed by atoms with van der Waals surface area (Å²) in [6.07, 6.45) is 0. The topological polar surface area (TPSA) is 60.8 Å². The highest BCUT2D eigenvalue weighted by atomic mass is 32.1. The van der Waals surface area contributed by atoms with Crippen LogP contribution in [0, 0.1) is 0 Å². The summed E-state index contributed by atoms with van der Waals surface area (Å²) in [5.41, 5.74) is 0. The van der Waals surface area contributed by atoms with Crippen LogP contribution in [0.5, 0.6) is 0 Å². The molecule has 0 unspecified atom stereocenters. The SMILES string of the molecule is CC(C)N(S)P(=O)(O)O. The number of hydrogen-bond donors (Lipinski definition) is 3. The molecule has 6 heteroatoms. The maximum atomic E-state index is 10.3. The molecule has 4 nitrogen and oxygen atoms in total. The molecule has 0 fully saturated rings. The molecule has 0 aliphatic carbocycles. The summed E-state index contributed by atoms with van der Waals surface area (Å²) >= 11 is 3.58. The minimum absolute atomic E-state index is 0.255. The quantitative estimate of drug-likeness (QED) is 0.421. The van der Waals surface area contributed by atoms with Crippen LogP contribution in [0.2, 0.25) is 0 Å². The van der Waals surface area contributed by atoms with E-state index in [9.17, 15) is 4.57 Å². The molecule has 0 aromatic rings. The Morgan fingerprint density at radius 2 is 1.89 bits per heavy atom. The van der Waals surface area contributed by atoms with Gasteiger partial charge in [-0.2, -0.15) is 4.08 Å². The molecular weight excluding hydrogens is 161 g/mol. The average Bonchev–Trinajstić information content (AvgIpc) is 1.62. The summed E-state index contributed by atoms with van der Waals surface area (Å²) in [7, 11) is -4.12. The molecule has 0 spiro atoms. The lowest BCUT2D eigenvalue weighted by atomic mass is 10.4. The van der Waals surface area contributed by atoms with Crippen molar-refractivity contribution in [3.63, 3.8) is 0 Å². The van der Waals surface area contributed by atoms with Crippen LogP contribution < -0.4 is 0 Å². The first-order valence-corrected chi connectivity index (χ1v) is 4.36. The van der Waals surface area contributed by atoms with Crippen molar-refractivity contribution in [1.82, 2.24) is 4.08 Å². The van der Waals surface area contributed by atoms with Gasteiger partial charge in [-0.3, -0.25) is 0 Å². The van der Waals surface area contributed by atoms with E-state index in [2.05, 4.69) is 12.8 Å². The molecule has 9 heavy (non-hydrogen) atoms. The minimum Gasteiger partial charge on any atom is -0.312 e. The fraction of sp³-hybridized carbons (Fsp3) is 1.00. The molecule has 0 aliphatic heterocycles. The van der Waals surface area contributed by atoms with E-state index in [-0.39, 0.29) is 6.04 Å². The Morgan fingerprint density at radius 1 is 1.56 bits per heavy atom. The van der Waals surface area contributed by atoms with E-state index in [1.807, 2.05) is 0 Å². The lowest BCUT2D eigenvalue weighted by molar-refractivity contribution is 0.314. The highest BCUT2D eigenvalue weighted by Gasteiger charge is 2.24. The molecule has 0 aliphatic rings. The van der Waals surface area contributed by atoms with E-state index in [1.54, 1.807) is 13.8 Å². The Balaban J connectivity index is 4.05. The predicted molar refractivity (Wildman–Crippen MR) is 38.0 cm³/mol. The Labute approximate surface area is 59.6 Å². The highest BCUT2D eigenvalue weighted by Crippen LogP contribution is 2.42. The van der Waals surface area contributed by atoms with Gasteiger partial charge in [-0.1, -0.05) is 12.8 Å². The summed E-state index contributed by atoms with van der Waals surface area (Å²) in [5, 5.41) is 0. The van der Waals surface area contributed by atoms with Gasteiger partial charge in [0.1, 0.15) is 0 Å². The molecule has 0 bridgehead atoms. The van der Waals surface area contributed by atoms with Gasteiger partial charge >= 0.3 is 7.75 Å². The van der Waals surface area contributed by atoms with Crippen molar-refractivity contribution in [2.45, 2.75) is 19.9 Å². The van der Waals surface area contributed by atoms with Crippen LogP contribution in [0.1, 0.15) is 13.8 Å². The van der Waals surface area contributed by atoms with E-state index in [0.29, 0.717) is 4.08 Å². The molecule has 0 atom stereocenters. The van der Waals surface area contributed by atoms with E-state index < -0.39 is 7.75 Å². The summed E-state index contributed by atoms with van der Waals surface area (Å²) in [6.45, 7) is 3.29. The second-order valence-electron chi connectivity index (χ2n) is 1.93. The molecule has 2 N–H and O–H groups in total. The third-order valence-electron chi connectivity index (χ3n) is 0.729. The van der Waals surface area contributed by atoms with Gasteiger partial charge in [-0.25, -0.2) is 4.57 Å². The second-order valence-corrected chi connectivity index (χ2v) is 4.13. The molecule has 0 radical (unpaired) electrons. The van der Waals surface area contributed by atoms with Crippen LogP contribution in [-0.4, -0.2) is 19.9 Å². The van der Waals surface area contributed by atoms with Crippen LogP contribution in [0.25, 0.3) is 0 Å². The van der Waals surface area contributed by atoms with E-state index >= 15 is 0 Å². The van der Waals surface area contributed by atoms with E-state index in [0.717, 1.165) is 0 Å². The fourth-order valence-corrected chi connectivity index (χ4v) is 0.903. The third-order valence-corrected chi connectivity index (χ3v) is 2.89. The molecule has 0 rings (SSSR count). The average molecular weight is 171 g/mol. The predicted octanol–water partition coefficient (Wildman–Crippen LogP) is 0.634. The van der Waals surface area contributed by atoms with E-state index in [4.69, 9.17) is 9.79 Å². The van der Waals surface area contributed by atoms with Crippen LogP contribution >= 0.6 is 20.6 Å². The Hall–Kier alpha value is 0.460. The zero-order valence-corrected chi connectivity index (χ0v) is 7.01. The van der Waals surface area contributed by atoms with Gasteiger partial charge in [0, 0.05) is 6.04 Å². The van der Waals surface area contributed by atoms with E-state index in [1.165, 1.54) is 0 Å². The minimum atomic E-state index is -4.12. The van der Waals surface area contributed by atoms with Crippen molar-refractivity contribution in [3.05, 3.63) is 0 Å². The van der Waals surface area contributed by atoms with Crippen LogP contribution in [0.4, 0.5) is 0 Å². The second kappa shape index (κ2) is 3.03. The maximum absolute atomic E-state index is 10.3. The summed E-state index contributed by atoms with van der Waals surface area (Å²) in [5.74, 6) is 0. The van der Waals surface area contributed by atoms with Crippen molar-refractivity contribution < 1.29 is 14.4 Å². The molecule has 0 heterocycles. The standard InChI is InChI=1S/C3H10NO3PS/c1-3(2)4(9)8(5,6)7/h3,9H,1-2H3,(H2,5,6,7). The molecule has 0 aromatic carbocycles. The smallest absolute Gasteiger partial charge is 0.312 e. The molecule has 0 aromatic heterocycles. The number of rotatable bonds is 2. The fourth-order valence-electron chi connectivity index (χ4n) is 0.301. The molecule has 0 saturated heterocycles. The largest absolute Gasteiger partial charge is 0.412 e. The van der Waals surface area contributed by atoms with Gasteiger partial charge in [0.25, 0.3) is 0 Å². The molecule has 56 valence electrons. The first-order valence-electron chi connectivity index (χ1n) is 2.40. The number of thiol groups is 1. The Kier molecular flexibility index (Phi) is 3.19. The van der Waals surface area contributed by atoms with Crippen LogP contribution in [0.3, 0.4) is 0 Å². The summed E-state index contributed by atoms with van der Waals surface area (Å²) in [6, 6.07) is -0.255. The normalized spacial score (nSPS) is 13.2. The molecule has 0 saturated carbocycles. The zero-order chi connectivity index (χ0) is 7.65. The lowest BCUT2D eigenvalue weighted by Gasteiger charge is -2.19.